The Hall–Kier alpha value is -3.23. The van der Waals surface area contributed by atoms with E-state index < -0.39 is 0 Å². The van der Waals surface area contributed by atoms with Gasteiger partial charge < -0.3 is 19.1 Å². The summed E-state index contributed by atoms with van der Waals surface area (Å²) in [6.45, 7) is 12.3. The van der Waals surface area contributed by atoms with Crippen molar-refractivity contribution in [2.75, 3.05) is 20.2 Å². The molecule has 0 amide bonds. The summed E-state index contributed by atoms with van der Waals surface area (Å²) in [5, 5.41) is 10.9. The highest BCUT2D eigenvalue weighted by Gasteiger charge is 2.29. The van der Waals surface area contributed by atoms with E-state index in [1.54, 1.807) is 22.8 Å². The van der Waals surface area contributed by atoms with Gasteiger partial charge in [0.15, 0.2) is 0 Å². The fourth-order valence-electron chi connectivity index (χ4n) is 4.78. The number of pyridine rings is 2. The van der Waals surface area contributed by atoms with Gasteiger partial charge in [-0.1, -0.05) is 6.92 Å². The van der Waals surface area contributed by atoms with E-state index in [0.29, 0.717) is 30.8 Å². The van der Waals surface area contributed by atoms with Crippen molar-refractivity contribution in [3.05, 3.63) is 56.9 Å². The minimum Gasteiger partial charge on any atom is -0.508 e. The maximum atomic E-state index is 13.7. The molecule has 3 heterocycles. The minimum atomic E-state index is -0.380. The van der Waals surface area contributed by atoms with Crippen LogP contribution in [0.3, 0.4) is 0 Å². The Labute approximate surface area is 211 Å². The van der Waals surface area contributed by atoms with Crippen LogP contribution in [0.15, 0.2) is 29.1 Å². The highest BCUT2D eigenvalue weighted by atomic mass is 16.5. The lowest BCUT2D eigenvalue weighted by Crippen LogP contribution is -2.40. The van der Waals surface area contributed by atoms with E-state index in [1.165, 1.54) is 0 Å². The van der Waals surface area contributed by atoms with Gasteiger partial charge in [0.05, 0.1) is 41.7 Å². The summed E-state index contributed by atoms with van der Waals surface area (Å²) in [6, 6.07) is 7.11. The molecule has 4 rings (SSSR count). The molecule has 0 aliphatic carbocycles. The first-order valence-electron chi connectivity index (χ1n) is 12.4. The summed E-state index contributed by atoms with van der Waals surface area (Å²) in [6.07, 6.45) is 0.358. The molecule has 3 aromatic rings. The summed E-state index contributed by atoms with van der Waals surface area (Å²) in [5.41, 5.74) is 5.24. The number of phenols is 1. The standard InChI is InChI=1S/C28H35N3O5/c1-7-19-21-12-18(33)8-9-24(21)29-26-22(19)14-31-25(26)13-20(23(27(31)34)15-35-16-32)17(2)36-11-10-30(6)28(3,4)5/h8-9,12-13,16-17,33H,7,10-11,14-15H2,1-6H3. The lowest BCUT2D eigenvalue weighted by molar-refractivity contribution is -0.129. The lowest BCUT2D eigenvalue weighted by atomic mass is 9.98. The average molecular weight is 494 g/mol. The fourth-order valence-corrected chi connectivity index (χ4v) is 4.78. The summed E-state index contributed by atoms with van der Waals surface area (Å²) < 4.78 is 12.9. The van der Waals surface area contributed by atoms with E-state index in [9.17, 15) is 14.7 Å². The molecule has 2 aromatic heterocycles. The van der Waals surface area contributed by atoms with Crippen LogP contribution >= 0.6 is 0 Å². The topological polar surface area (TPSA) is 93.9 Å². The zero-order valence-corrected chi connectivity index (χ0v) is 21.9. The maximum absolute atomic E-state index is 13.7. The van der Waals surface area contributed by atoms with Gasteiger partial charge in [-0.15, -0.1) is 0 Å². The van der Waals surface area contributed by atoms with Crippen molar-refractivity contribution in [1.29, 1.82) is 0 Å². The molecule has 192 valence electrons. The van der Waals surface area contributed by atoms with Crippen molar-refractivity contribution >= 4 is 17.4 Å². The molecule has 36 heavy (non-hydrogen) atoms. The van der Waals surface area contributed by atoms with Gasteiger partial charge in [-0.25, -0.2) is 4.98 Å². The van der Waals surface area contributed by atoms with Gasteiger partial charge in [-0.2, -0.15) is 0 Å². The van der Waals surface area contributed by atoms with E-state index >= 15 is 0 Å². The summed E-state index contributed by atoms with van der Waals surface area (Å²) in [7, 11) is 2.05. The highest BCUT2D eigenvalue weighted by Crippen LogP contribution is 2.38. The van der Waals surface area contributed by atoms with Crippen molar-refractivity contribution in [1.82, 2.24) is 14.5 Å². The number of hydrogen-bond donors (Lipinski definition) is 1. The number of aryl methyl sites for hydroxylation is 1. The van der Waals surface area contributed by atoms with Crippen molar-refractivity contribution in [3.63, 3.8) is 0 Å². The number of hydrogen-bond acceptors (Lipinski definition) is 7. The number of carbonyl (C=O) groups is 1. The monoisotopic (exact) mass is 493 g/mol. The third kappa shape index (κ3) is 4.75. The molecule has 1 N–H and O–H groups in total. The number of carbonyl (C=O) groups excluding carboxylic acids is 1. The van der Waals surface area contributed by atoms with Crippen LogP contribution in [0.1, 0.15) is 63.0 Å². The number of phenolic OH excluding ortho intramolecular Hbond substituents is 1. The van der Waals surface area contributed by atoms with Crippen LogP contribution in [-0.2, 0) is 33.8 Å². The predicted molar refractivity (Wildman–Crippen MR) is 139 cm³/mol. The van der Waals surface area contributed by atoms with Crippen LogP contribution in [0.2, 0.25) is 0 Å². The smallest absolute Gasteiger partial charge is 0.293 e. The van der Waals surface area contributed by atoms with Crippen LogP contribution in [0.5, 0.6) is 5.75 Å². The number of aromatic hydroxyl groups is 1. The highest BCUT2D eigenvalue weighted by molar-refractivity contribution is 5.89. The van der Waals surface area contributed by atoms with Gasteiger partial charge in [0.1, 0.15) is 12.4 Å². The van der Waals surface area contributed by atoms with Crippen molar-refractivity contribution in [2.45, 2.75) is 65.8 Å². The largest absolute Gasteiger partial charge is 0.508 e. The Kier molecular flexibility index (Phi) is 7.20. The molecule has 0 saturated heterocycles. The summed E-state index contributed by atoms with van der Waals surface area (Å²) in [4.78, 5) is 31.7. The Morgan fingerprint density at radius 2 is 2.00 bits per heavy atom. The second kappa shape index (κ2) is 10.0. The average Bonchev–Trinajstić information content (AvgIpc) is 3.19. The third-order valence-electron chi connectivity index (χ3n) is 7.21. The number of nitrogens with zero attached hydrogens (tertiary/aromatic N) is 3. The molecule has 0 saturated carbocycles. The van der Waals surface area contributed by atoms with E-state index in [2.05, 4.69) is 39.6 Å². The maximum Gasteiger partial charge on any atom is 0.293 e. The molecular weight excluding hydrogens is 458 g/mol. The number of fused-ring (bicyclic) bond motifs is 4. The van der Waals surface area contributed by atoms with Crippen molar-refractivity contribution < 1.29 is 19.4 Å². The van der Waals surface area contributed by atoms with Gasteiger partial charge in [0.2, 0.25) is 0 Å². The Morgan fingerprint density at radius 1 is 1.25 bits per heavy atom. The molecule has 0 radical (unpaired) electrons. The van der Waals surface area contributed by atoms with E-state index in [4.69, 9.17) is 14.5 Å². The lowest BCUT2D eigenvalue weighted by Gasteiger charge is -2.32. The van der Waals surface area contributed by atoms with Crippen LogP contribution in [-0.4, -0.2) is 51.8 Å². The summed E-state index contributed by atoms with van der Waals surface area (Å²) >= 11 is 0. The number of aromatic nitrogens is 2. The third-order valence-corrected chi connectivity index (χ3v) is 7.21. The van der Waals surface area contributed by atoms with Gasteiger partial charge >= 0.3 is 0 Å². The molecule has 1 atom stereocenters. The van der Waals surface area contributed by atoms with E-state index in [-0.39, 0.29) is 29.6 Å². The zero-order chi connectivity index (χ0) is 26.2. The molecule has 8 nitrogen and oxygen atoms in total. The van der Waals surface area contributed by atoms with Gasteiger partial charge in [-0.3, -0.25) is 14.5 Å². The number of rotatable bonds is 9. The number of ether oxygens (including phenoxy) is 2. The first kappa shape index (κ1) is 25.9. The molecule has 1 aliphatic heterocycles. The Balaban J connectivity index is 1.77. The molecule has 1 aromatic carbocycles. The van der Waals surface area contributed by atoms with E-state index in [0.717, 1.165) is 46.4 Å². The minimum absolute atomic E-state index is 0.0217. The van der Waals surface area contributed by atoms with Crippen molar-refractivity contribution in [2.24, 2.45) is 0 Å². The predicted octanol–water partition coefficient (Wildman–Crippen LogP) is 4.17. The molecule has 8 heteroatoms. The second-order valence-corrected chi connectivity index (χ2v) is 10.3. The SMILES string of the molecule is CCc1c2c(nc3ccc(O)cc13)-c1cc(C(C)OCCN(C)C(C)(C)C)c(COC=O)c(=O)n1C2. The molecule has 0 spiro atoms. The Bertz CT molecular complexity index is 1360. The Morgan fingerprint density at radius 3 is 2.67 bits per heavy atom. The first-order chi connectivity index (χ1) is 17.1. The molecule has 0 fully saturated rings. The molecular formula is C28H35N3O5. The molecule has 1 unspecified atom stereocenters. The fraction of sp³-hybridized carbons (Fsp3) is 0.464. The number of likely N-dealkylation sites (N-methyl/N-ethyl adjacent to an activating group) is 1. The van der Waals surface area contributed by atoms with Crippen LogP contribution in [0, 0.1) is 0 Å². The van der Waals surface area contributed by atoms with Gasteiger partial charge in [0, 0.05) is 23.0 Å². The molecule has 1 aliphatic rings. The molecule has 0 bridgehead atoms. The first-order valence-corrected chi connectivity index (χ1v) is 12.4. The second-order valence-electron chi connectivity index (χ2n) is 10.3. The van der Waals surface area contributed by atoms with E-state index in [1.807, 2.05) is 13.0 Å². The number of benzene rings is 1. The van der Waals surface area contributed by atoms with Crippen LogP contribution < -0.4 is 5.56 Å². The zero-order valence-electron chi connectivity index (χ0n) is 21.9. The van der Waals surface area contributed by atoms with Crippen molar-refractivity contribution in [3.8, 4) is 17.1 Å². The summed E-state index contributed by atoms with van der Waals surface area (Å²) in [5.74, 6) is 0.185. The van der Waals surface area contributed by atoms with Crippen LogP contribution in [0.25, 0.3) is 22.3 Å². The normalized spacial score (nSPS) is 13.6. The van der Waals surface area contributed by atoms with Crippen LogP contribution in [0.4, 0.5) is 0 Å². The quantitative estimate of drug-likeness (QED) is 0.350. The van der Waals surface area contributed by atoms with Gasteiger partial charge in [-0.05, 0) is 76.6 Å². The van der Waals surface area contributed by atoms with Gasteiger partial charge in [0.25, 0.3) is 12.0 Å².